The molecular weight excluding hydrogens is 198 g/mol. The van der Waals surface area contributed by atoms with Gasteiger partial charge >= 0.3 is 5.97 Å². The zero-order chi connectivity index (χ0) is 11.4. The highest BCUT2D eigenvalue weighted by Crippen LogP contribution is 2.29. The number of rotatable bonds is 3. The lowest BCUT2D eigenvalue weighted by atomic mass is 10.3. The number of methoxy groups -OCH3 is 1. The standard InChI is InChI=1S/C10H13NO4/c1-6(11)10(13)15-7-3-4-9(14-2)8(12)5-7/h3-6,12H,11H2,1-2H3/t6-/m0/s1. The van der Waals surface area contributed by atoms with Gasteiger partial charge in [0.15, 0.2) is 11.5 Å². The van der Waals surface area contributed by atoms with Crippen molar-refractivity contribution in [3.63, 3.8) is 0 Å². The molecule has 1 aromatic carbocycles. The van der Waals surface area contributed by atoms with Gasteiger partial charge in [-0.15, -0.1) is 0 Å². The van der Waals surface area contributed by atoms with Gasteiger partial charge in [-0.3, -0.25) is 0 Å². The molecule has 1 aromatic rings. The number of hydrogen-bond acceptors (Lipinski definition) is 5. The molecule has 0 aromatic heterocycles. The van der Waals surface area contributed by atoms with Crippen LogP contribution in [-0.2, 0) is 4.79 Å². The number of phenolic OH excluding ortho intramolecular Hbond substituents is 1. The summed E-state index contributed by atoms with van der Waals surface area (Å²) in [5, 5.41) is 9.40. The van der Waals surface area contributed by atoms with E-state index in [9.17, 15) is 9.90 Å². The minimum Gasteiger partial charge on any atom is -0.504 e. The van der Waals surface area contributed by atoms with Gasteiger partial charge in [0, 0.05) is 6.07 Å². The highest BCUT2D eigenvalue weighted by molar-refractivity contribution is 5.77. The Morgan fingerprint density at radius 3 is 2.67 bits per heavy atom. The van der Waals surface area contributed by atoms with Crippen molar-refractivity contribution in [1.82, 2.24) is 0 Å². The molecule has 0 saturated heterocycles. The monoisotopic (exact) mass is 211 g/mol. The number of aromatic hydroxyl groups is 1. The third kappa shape index (κ3) is 2.85. The fourth-order valence-corrected chi connectivity index (χ4v) is 0.942. The maximum atomic E-state index is 11.1. The van der Waals surface area contributed by atoms with Gasteiger partial charge in [0.25, 0.3) is 0 Å². The SMILES string of the molecule is COc1ccc(OC(=O)[C@H](C)N)cc1O. The van der Waals surface area contributed by atoms with Crippen LogP contribution < -0.4 is 15.2 Å². The zero-order valence-corrected chi connectivity index (χ0v) is 8.56. The summed E-state index contributed by atoms with van der Waals surface area (Å²) in [5.74, 6) is -0.0989. The molecular formula is C10H13NO4. The van der Waals surface area contributed by atoms with Crippen molar-refractivity contribution < 1.29 is 19.4 Å². The van der Waals surface area contributed by atoms with Gasteiger partial charge in [0.1, 0.15) is 11.8 Å². The molecule has 1 rings (SSSR count). The highest BCUT2D eigenvalue weighted by Gasteiger charge is 2.11. The first-order valence-corrected chi connectivity index (χ1v) is 4.39. The summed E-state index contributed by atoms with van der Waals surface area (Å²) in [5.41, 5.74) is 5.32. The first-order valence-electron chi connectivity index (χ1n) is 4.39. The second-order valence-electron chi connectivity index (χ2n) is 3.04. The van der Waals surface area contributed by atoms with Crippen LogP contribution in [0.1, 0.15) is 6.92 Å². The van der Waals surface area contributed by atoms with E-state index in [1.807, 2.05) is 0 Å². The van der Waals surface area contributed by atoms with Crippen LogP contribution in [0.15, 0.2) is 18.2 Å². The Morgan fingerprint density at radius 2 is 2.20 bits per heavy atom. The summed E-state index contributed by atoms with van der Waals surface area (Å²) in [6.45, 7) is 1.52. The summed E-state index contributed by atoms with van der Waals surface area (Å²) < 4.78 is 9.71. The predicted molar refractivity (Wildman–Crippen MR) is 53.9 cm³/mol. The van der Waals surface area contributed by atoms with E-state index in [2.05, 4.69) is 0 Å². The largest absolute Gasteiger partial charge is 0.504 e. The van der Waals surface area contributed by atoms with Crippen molar-refractivity contribution >= 4 is 5.97 Å². The number of carbonyl (C=O) groups excluding carboxylic acids is 1. The topological polar surface area (TPSA) is 81.8 Å². The molecule has 15 heavy (non-hydrogen) atoms. The first kappa shape index (κ1) is 11.3. The quantitative estimate of drug-likeness (QED) is 0.566. The maximum Gasteiger partial charge on any atom is 0.328 e. The number of esters is 1. The molecule has 0 radical (unpaired) electrons. The second-order valence-corrected chi connectivity index (χ2v) is 3.04. The number of ether oxygens (including phenoxy) is 2. The third-order valence-electron chi connectivity index (χ3n) is 1.74. The van der Waals surface area contributed by atoms with Crippen LogP contribution in [-0.4, -0.2) is 24.2 Å². The molecule has 1 atom stereocenters. The molecule has 82 valence electrons. The molecule has 5 heteroatoms. The predicted octanol–water partition coefficient (Wildman–Crippen LogP) is 0.653. The van der Waals surface area contributed by atoms with E-state index in [4.69, 9.17) is 15.2 Å². The highest BCUT2D eigenvalue weighted by atomic mass is 16.5. The summed E-state index contributed by atoms with van der Waals surface area (Å²) in [7, 11) is 1.43. The molecule has 0 heterocycles. The fraction of sp³-hybridized carbons (Fsp3) is 0.300. The van der Waals surface area contributed by atoms with E-state index < -0.39 is 12.0 Å². The Bertz CT molecular complexity index is 362. The molecule has 5 nitrogen and oxygen atoms in total. The molecule has 0 aliphatic rings. The van der Waals surface area contributed by atoms with E-state index in [1.165, 1.54) is 32.2 Å². The van der Waals surface area contributed by atoms with Crippen LogP contribution in [0.5, 0.6) is 17.2 Å². The summed E-state index contributed by atoms with van der Waals surface area (Å²) in [4.78, 5) is 11.1. The van der Waals surface area contributed by atoms with Gasteiger partial charge in [-0.2, -0.15) is 0 Å². The van der Waals surface area contributed by atoms with E-state index in [-0.39, 0.29) is 11.5 Å². The normalized spacial score (nSPS) is 11.9. The van der Waals surface area contributed by atoms with Gasteiger partial charge in [0.05, 0.1) is 7.11 Å². The van der Waals surface area contributed by atoms with Crippen molar-refractivity contribution in [2.45, 2.75) is 13.0 Å². The molecule has 0 fully saturated rings. The molecule has 0 aliphatic heterocycles. The maximum absolute atomic E-state index is 11.1. The lowest BCUT2D eigenvalue weighted by Crippen LogP contribution is -2.30. The summed E-state index contributed by atoms with van der Waals surface area (Å²) in [6, 6.07) is 3.60. The van der Waals surface area contributed by atoms with Crippen LogP contribution in [0.25, 0.3) is 0 Å². The molecule has 0 spiro atoms. The van der Waals surface area contributed by atoms with Gasteiger partial charge < -0.3 is 20.3 Å². The number of nitrogens with two attached hydrogens (primary N) is 1. The van der Waals surface area contributed by atoms with Crippen molar-refractivity contribution in [3.8, 4) is 17.2 Å². The van der Waals surface area contributed by atoms with Crippen molar-refractivity contribution in [1.29, 1.82) is 0 Å². The Kier molecular flexibility index (Phi) is 3.51. The van der Waals surface area contributed by atoms with Crippen molar-refractivity contribution in [2.75, 3.05) is 7.11 Å². The number of phenols is 1. The van der Waals surface area contributed by atoms with Gasteiger partial charge in [-0.05, 0) is 19.1 Å². The van der Waals surface area contributed by atoms with Crippen LogP contribution in [0.3, 0.4) is 0 Å². The number of hydrogen-bond donors (Lipinski definition) is 2. The Morgan fingerprint density at radius 1 is 1.53 bits per heavy atom. The lowest BCUT2D eigenvalue weighted by molar-refractivity contribution is -0.135. The van der Waals surface area contributed by atoms with Crippen molar-refractivity contribution in [2.24, 2.45) is 5.73 Å². The molecule has 0 bridgehead atoms. The number of benzene rings is 1. The Balaban J connectivity index is 2.80. The van der Waals surface area contributed by atoms with Crippen molar-refractivity contribution in [3.05, 3.63) is 18.2 Å². The Labute approximate surface area is 87.4 Å². The first-order chi connectivity index (χ1) is 7.04. The zero-order valence-electron chi connectivity index (χ0n) is 8.56. The third-order valence-corrected chi connectivity index (χ3v) is 1.74. The molecule has 0 saturated carbocycles. The van der Waals surface area contributed by atoms with E-state index in [0.717, 1.165) is 0 Å². The van der Waals surface area contributed by atoms with Crippen LogP contribution in [0, 0.1) is 0 Å². The summed E-state index contributed by atoms with van der Waals surface area (Å²) in [6.07, 6.45) is 0. The average Bonchev–Trinajstić information content (AvgIpc) is 2.18. The van der Waals surface area contributed by atoms with E-state index in [1.54, 1.807) is 0 Å². The van der Waals surface area contributed by atoms with Crippen LogP contribution in [0.4, 0.5) is 0 Å². The lowest BCUT2D eigenvalue weighted by Gasteiger charge is -2.08. The van der Waals surface area contributed by atoms with E-state index in [0.29, 0.717) is 5.75 Å². The molecule has 3 N–H and O–H groups in total. The molecule has 0 aliphatic carbocycles. The van der Waals surface area contributed by atoms with Crippen LogP contribution in [0.2, 0.25) is 0 Å². The molecule has 0 amide bonds. The van der Waals surface area contributed by atoms with Crippen LogP contribution >= 0.6 is 0 Å². The summed E-state index contributed by atoms with van der Waals surface area (Å²) >= 11 is 0. The molecule has 0 unspecified atom stereocenters. The average molecular weight is 211 g/mol. The minimum atomic E-state index is -0.700. The second kappa shape index (κ2) is 4.65. The fourth-order valence-electron chi connectivity index (χ4n) is 0.942. The minimum absolute atomic E-state index is 0.0903. The Hall–Kier alpha value is -1.75. The van der Waals surface area contributed by atoms with E-state index >= 15 is 0 Å². The van der Waals surface area contributed by atoms with Gasteiger partial charge in [-0.1, -0.05) is 0 Å². The smallest absolute Gasteiger partial charge is 0.328 e. The number of carbonyl (C=O) groups is 1. The van der Waals surface area contributed by atoms with Gasteiger partial charge in [-0.25, -0.2) is 4.79 Å². The van der Waals surface area contributed by atoms with Gasteiger partial charge in [0.2, 0.25) is 0 Å².